The van der Waals surface area contributed by atoms with E-state index in [1.54, 1.807) is 12.0 Å². The number of hydrogen-bond acceptors (Lipinski definition) is 4. The van der Waals surface area contributed by atoms with Gasteiger partial charge in [0.25, 0.3) is 0 Å². The van der Waals surface area contributed by atoms with Crippen molar-refractivity contribution < 1.29 is 14.5 Å². The van der Waals surface area contributed by atoms with Gasteiger partial charge < -0.3 is 14.5 Å². The van der Waals surface area contributed by atoms with Gasteiger partial charge in [-0.15, -0.1) is 5.10 Å². The second-order valence-corrected chi connectivity index (χ2v) is 7.94. The highest BCUT2D eigenvalue weighted by atomic mass is 16.5. The number of tetrazole rings is 1. The minimum Gasteiger partial charge on any atom is -0.497 e. The molecule has 0 unspecified atom stereocenters. The number of rotatable bonds is 6. The number of likely N-dealkylation sites (N-methyl/N-ethyl adjacent to an activating group) is 1. The van der Waals surface area contributed by atoms with Crippen molar-refractivity contribution >= 4 is 0 Å². The average Bonchev–Trinajstić information content (AvgIpc) is 3.14. The van der Waals surface area contributed by atoms with Crippen LogP contribution in [0.4, 0.5) is 0 Å². The molecule has 7 nitrogen and oxygen atoms in total. The van der Waals surface area contributed by atoms with E-state index in [1.165, 1.54) is 23.6 Å². The molecule has 2 heterocycles. The van der Waals surface area contributed by atoms with Crippen LogP contribution in [-0.2, 0) is 5.54 Å². The van der Waals surface area contributed by atoms with Crippen molar-refractivity contribution in [3.63, 3.8) is 0 Å². The lowest BCUT2D eigenvalue weighted by atomic mass is 9.99. The lowest BCUT2D eigenvalue weighted by molar-refractivity contribution is -1.02. The van der Waals surface area contributed by atoms with Crippen molar-refractivity contribution in [2.45, 2.75) is 38.8 Å². The molecule has 0 aliphatic carbocycles. The Morgan fingerprint density at radius 2 is 1.81 bits per heavy atom. The fourth-order valence-corrected chi connectivity index (χ4v) is 3.61. The molecule has 0 bridgehead atoms. The Morgan fingerprint density at radius 1 is 1.15 bits per heavy atom. The van der Waals surface area contributed by atoms with E-state index in [-0.39, 0.29) is 11.6 Å². The van der Waals surface area contributed by atoms with Crippen molar-refractivity contribution in [3.8, 4) is 5.75 Å². The van der Waals surface area contributed by atoms with Crippen molar-refractivity contribution in [1.29, 1.82) is 0 Å². The molecule has 7 heteroatoms. The molecule has 0 spiro atoms. The number of aromatic nitrogens is 4. The molecule has 2 aromatic rings. The molecule has 0 amide bonds. The monoisotopic (exact) mass is 360 g/mol. The Kier molecular flexibility index (Phi) is 5.58. The van der Waals surface area contributed by atoms with E-state index in [2.05, 4.69) is 55.5 Å². The van der Waals surface area contributed by atoms with E-state index in [0.717, 1.165) is 31.1 Å². The zero-order chi connectivity index (χ0) is 18.7. The van der Waals surface area contributed by atoms with Gasteiger partial charge in [-0.25, -0.2) is 4.68 Å². The highest BCUT2D eigenvalue weighted by Crippen LogP contribution is 2.25. The first kappa shape index (κ1) is 18.8. The molecule has 3 rings (SSSR count). The molecule has 26 heavy (non-hydrogen) atoms. The number of ether oxygens (including phenoxy) is 1. The summed E-state index contributed by atoms with van der Waals surface area (Å²) in [7, 11) is 3.97. The lowest BCUT2D eigenvalue weighted by Crippen LogP contribution is -3.27. The molecule has 1 aromatic heterocycles. The number of quaternary nitrogens is 2. The van der Waals surface area contributed by atoms with Gasteiger partial charge >= 0.3 is 0 Å². The van der Waals surface area contributed by atoms with Gasteiger partial charge in [-0.1, -0.05) is 6.92 Å². The quantitative estimate of drug-likeness (QED) is 0.717. The summed E-state index contributed by atoms with van der Waals surface area (Å²) in [6, 6.07) is 8.50. The van der Waals surface area contributed by atoms with Crippen LogP contribution in [-0.4, -0.2) is 60.5 Å². The number of methoxy groups -OCH3 is 1. The molecule has 1 aliphatic rings. The molecular formula is C19H32N6O+2. The molecule has 0 radical (unpaired) electrons. The zero-order valence-electron chi connectivity index (χ0n) is 16.6. The van der Waals surface area contributed by atoms with Crippen LogP contribution in [0.15, 0.2) is 24.3 Å². The standard InChI is InChI=1S/C19H30N6O/c1-6-19(2,3)25-18(20-21-22-25)17(24-13-11-23(4)12-14-24)15-7-9-16(26-5)10-8-15/h7-10,17H,6,11-14H2,1-5H3/p+2/t17-/m0/s1. The maximum absolute atomic E-state index is 5.34. The largest absolute Gasteiger partial charge is 0.497 e. The van der Waals surface area contributed by atoms with Gasteiger partial charge in [0, 0.05) is 5.56 Å². The Morgan fingerprint density at radius 3 is 2.38 bits per heavy atom. The molecule has 142 valence electrons. The predicted octanol–water partition coefficient (Wildman–Crippen LogP) is -0.671. The highest BCUT2D eigenvalue weighted by molar-refractivity contribution is 5.30. The molecule has 1 aliphatic heterocycles. The Bertz CT molecular complexity index is 703. The number of nitrogens with zero attached hydrogens (tertiary/aromatic N) is 4. The Hall–Kier alpha value is -1.99. The van der Waals surface area contributed by atoms with Crippen LogP contribution in [0, 0.1) is 0 Å². The minimum absolute atomic E-state index is 0.110. The second kappa shape index (κ2) is 7.72. The van der Waals surface area contributed by atoms with Crippen molar-refractivity contribution in [2.24, 2.45) is 0 Å². The van der Waals surface area contributed by atoms with Crippen molar-refractivity contribution in [3.05, 3.63) is 35.7 Å². The van der Waals surface area contributed by atoms with E-state index < -0.39 is 0 Å². The van der Waals surface area contributed by atoms with E-state index in [9.17, 15) is 0 Å². The number of nitrogens with one attached hydrogen (secondary N) is 2. The molecule has 1 fully saturated rings. The summed E-state index contributed by atoms with van der Waals surface area (Å²) in [6.45, 7) is 11.1. The maximum atomic E-state index is 5.34. The summed E-state index contributed by atoms with van der Waals surface area (Å²) in [5, 5.41) is 12.9. The first-order valence-corrected chi connectivity index (χ1v) is 9.55. The lowest BCUT2D eigenvalue weighted by Gasteiger charge is -2.34. The summed E-state index contributed by atoms with van der Waals surface area (Å²) in [4.78, 5) is 3.12. The van der Waals surface area contributed by atoms with Gasteiger partial charge in [0.2, 0.25) is 5.82 Å². The van der Waals surface area contributed by atoms with Crippen LogP contribution < -0.4 is 14.5 Å². The third-order valence-corrected chi connectivity index (χ3v) is 5.79. The molecule has 1 aromatic carbocycles. The fourth-order valence-electron chi connectivity index (χ4n) is 3.61. The van der Waals surface area contributed by atoms with Crippen molar-refractivity contribution in [2.75, 3.05) is 40.3 Å². The van der Waals surface area contributed by atoms with Crippen LogP contribution in [0.1, 0.15) is 44.6 Å². The SMILES string of the molecule is CCC(C)(C)n1nnnc1[C@H](c1ccc(OC)cc1)[NH+]1CC[NH+](C)CC1. The molecule has 0 saturated carbocycles. The van der Waals surface area contributed by atoms with Crippen LogP contribution in [0.25, 0.3) is 0 Å². The highest BCUT2D eigenvalue weighted by Gasteiger charge is 2.37. The van der Waals surface area contributed by atoms with Gasteiger partial charge in [0.1, 0.15) is 31.9 Å². The maximum Gasteiger partial charge on any atom is 0.214 e. The molecule has 1 atom stereocenters. The summed E-state index contributed by atoms with van der Waals surface area (Å²) in [6.07, 6.45) is 0.975. The van der Waals surface area contributed by atoms with E-state index in [0.29, 0.717) is 0 Å². The molecule has 2 N–H and O–H groups in total. The van der Waals surface area contributed by atoms with Crippen LogP contribution >= 0.6 is 0 Å². The van der Waals surface area contributed by atoms with Gasteiger partial charge in [0.05, 0.1) is 19.7 Å². The summed E-state index contributed by atoms with van der Waals surface area (Å²) < 4.78 is 7.37. The molecule has 1 saturated heterocycles. The third-order valence-electron chi connectivity index (χ3n) is 5.79. The average molecular weight is 361 g/mol. The van der Waals surface area contributed by atoms with Crippen LogP contribution in [0.5, 0.6) is 5.75 Å². The first-order valence-electron chi connectivity index (χ1n) is 9.55. The summed E-state index contributed by atoms with van der Waals surface area (Å²) in [5.41, 5.74) is 1.13. The molecular weight excluding hydrogens is 328 g/mol. The van der Waals surface area contributed by atoms with E-state index in [1.807, 2.05) is 16.8 Å². The van der Waals surface area contributed by atoms with Gasteiger partial charge in [0.15, 0.2) is 6.04 Å². The van der Waals surface area contributed by atoms with Crippen molar-refractivity contribution in [1.82, 2.24) is 20.2 Å². The summed E-state index contributed by atoms with van der Waals surface area (Å²) >= 11 is 0. The Balaban J connectivity index is 2.02. The normalized spacial score (nSPS) is 22.2. The topological polar surface area (TPSA) is 61.7 Å². The number of piperazine rings is 1. The van der Waals surface area contributed by atoms with Crippen LogP contribution in [0.2, 0.25) is 0 Å². The zero-order valence-corrected chi connectivity index (χ0v) is 16.6. The summed E-state index contributed by atoms with van der Waals surface area (Å²) in [5.74, 6) is 1.83. The van der Waals surface area contributed by atoms with Gasteiger partial charge in [-0.2, -0.15) is 0 Å². The van der Waals surface area contributed by atoms with Gasteiger partial charge in [-0.3, -0.25) is 0 Å². The van der Waals surface area contributed by atoms with Crippen LogP contribution in [0.3, 0.4) is 0 Å². The fraction of sp³-hybridized carbons (Fsp3) is 0.632. The number of hydrogen-bond donors (Lipinski definition) is 2. The third kappa shape index (κ3) is 3.73. The minimum atomic E-state index is -0.110. The predicted molar refractivity (Wildman–Crippen MR) is 99.6 cm³/mol. The second-order valence-electron chi connectivity index (χ2n) is 7.94. The van der Waals surface area contributed by atoms with E-state index in [4.69, 9.17) is 4.74 Å². The number of benzene rings is 1. The smallest absolute Gasteiger partial charge is 0.214 e. The Labute approximate surface area is 155 Å². The van der Waals surface area contributed by atoms with E-state index >= 15 is 0 Å². The van der Waals surface area contributed by atoms with Gasteiger partial charge in [-0.05, 0) is 55.0 Å². The first-order chi connectivity index (χ1) is 12.5.